The standard InChI is InChI=1S/C19H14FNO5/c1-26-17-8-12(7-16(23)18(17)24)15(22)5-3-11-6-10-2-4-13(20)9-14(10)21-19(11)25/h2-9,23-24H,1H3,(H,21,25)/b5-3+. The highest BCUT2D eigenvalue weighted by Crippen LogP contribution is 2.36. The predicted molar refractivity (Wildman–Crippen MR) is 94.2 cm³/mol. The van der Waals surface area contributed by atoms with Gasteiger partial charge in [-0.1, -0.05) is 0 Å². The number of benzene rings is 2. The molecule has 3 N–H and O–H groups in total. The molecular formula is C19H14FNO5. The summed E-state index contributed by atoms with van der Waals surface area (Å²) in [7, 11) is 1.29. The number of ketones is 1. The summed E-state index contributed by atoms with van der Waals surface area (Å²) >= 11 is 0. The molecule has 0 aliphatic carbocycles. The normalized spacial score (nSPS) is 11.2. The van der Waals surface area contributed by atoms with E-state index in [9.17, 15) is 24.2 Å². The number of fused-ring (bicyclic) bond motifs is 1. The Morgan fingerprint density at radius 3 is 2.69 bits per heavy atom. The topological polar surface area (TPSA) is 99.6 Å². The van der Waals surface area contributed by atoms with Crippen molar-refractivity contribution in [1.29, 1.82) is 0 Å². The van der Waals surface area contributed by atoms with Crippen molar-refractivity contribution >= 4 is 22.8 Å². The molecule has 0 saturated heterocycles. The first kappa shape index (κ1) is 17.2. The second kappa shape index (κ2) is 6.72. The number of aromatic nitrogens is 1. The molecule has 3 aromatic rings. The molecule has 3 rings (SSSR count). The van der Waals surface area contributed by atoms with Crippen molar-refractivity contribution in [3.63, 3.8) is 0 Å². The number of hydrogen-bond acceptors (Lipinski definition) is 5. The van der Waals surface area contributed by atoms with E-state index in [0.29, 0.717) is 10.9 Å². The fourth-order valence-corrected chi connectivity index (χ4v) is 2.47. The summed E-state index contributed by atoms with van der Waals surface area (Å²) in [5.74, 6) is -1.98. The quantitative estimate of drug-likeness (QED) is 0.380. The van der Waals surface area contributed by atoms with Crippen LogP contribution in [0.1, 0.15) is 15.9 Å². The number of phenols is 2. The van der Waals surface area contributed by atoms with Crippen LogP contribution in [0.15, 0.2) is 47.3 Å². The largest absolute Gasteiger partial charge is 0.504 e. The third kappa shape index (κ3) is 3.27. The lowest BCUT2D eigenvalue weighted by atomic mass is 10.1. The van der Waals surface area contributed by atoms with E-state index >= 15 is 0 Å². The Kier molecular flexibility index (Phi) is 4.45. The lowest BCUT2D eigenvalue weighted by Gasteiger charge is -2.06. The number of pyridine rings is 1. The van der Waals surface area contributed by atoms with Gasteiger partial charge in [-0.05, 0) is 53.9 Å². The number of rotatable bonds is 4. The van der Waals surface area contributed by atoms with Gasteiger partial charge < -0.3 is 19.9 Å². The zero-order valence-corrected chi connectivity index (χ0v) is 13.6. The van der Waals surface area contributed by atoms with E-state index in [1.807, 2.05) is 0 Å². The van der Waals surface area contributed by atoms with Crippen molar-refractivity contribution in [3.05, 3.63) is 69.8 Å². The van der Waals surface area contributed by atoms with Crippen LogP contribution >= 0.6 is 0 Å². The lowest BCUT2D eigenvalue weighted by Crippen LogP contribution is -2.09. The van der Waals surface area contributed by atoms with E-state index in [2.05, 4.69) is 4.98 Å². The van der Waals surface area contributed by atoms with E-state index in [0.717, 1.165) is 12.1 Å². The number of aromatic hydroxyl groups is 2. The average Bonchev–Trinajstić information content (AvgIpc) is 2.61. The molecule has 0 amide bonds. The number of H-pyrrole nitrogens is 1. The van der Waals surface area contributed by atoms with E-state index in [1.54, 1.807) is 0 Å². The highest BCUT2D eigenvalue weighted by Gasteiger charge is 2.13. The Balaban J connectivity index is 1.95. The first-order valence-electron chi connectivity index (χ1n) is 7.54. The maximum atomic E-state index is 13.2. The molecule has 0 aliphatic heterocycles. The highest BCUT2D eigenvalue weighted by atomic mass is 19.1. The molecule has 0 aliphatic rings. The lowest BCUT2D eigenvalue weighted by molar-refractivity contribution is 0.104. The van der Waals surface area contributed by atoms with Crippen molar-refractivity contribution in [2.75, 3.05) is 7.11 Å². The number of nitrogens with one attached hydrogen (secondary N) is 1. The first-order chi connectivity index (χ1) is 12.4. The van der Waals surface area contributed by atoms with E-state index in [-0.39, 0.29) is 16.9 Å². The average molecular weight is 355 g/mol. The number of ether oxygens (including phenoxy) is 1. The van der Waals surface area contributed by atoms with Crippen LogP contribution in [-0.4, -0.2) is 28.1 Å². The molecule has 2 aromatic carbocycles. The molecule has 0 spiro atoms. The molecule has 26 heavy (non-hydrogen) atoms. The van der Waals surface area contributed by atoms with Gasteiger partial charge in [0, 0.05) is 11.1 Å². The Hall–Kier alpha value is -3.61. The second-order valence-electron chi connectivity index (χ2n) is 5.53. The van der Waals surface area contributed by atoms with Crippen LogP contribution in [0.2, 0.25) is 0 Å². The van der Waals surface area contributed by atoms with Crippen LogP contribution in [0.25, 0.3) is 17.0 Å². The van der Waals surface area contributed by atoms with Crippen LogP contribution in [0.5, 0.6) is 17.2 Å². The third-order valence-corrected chi connectivity index (χ3v) is 3.81. The van der Waals surface area contributed by atoms with Crippen LogP contribution in [0.3, 0.4) is 0 Å². The molecule has 7 heteroatoms. The van der Waals surface area contributed by atoms with Crippen molar-refractivity contribution < 1.29 is 24.1 Å². The number of methoxy groups -OCH3 is 1. The zero-order chi connectivity index (χ0) is 18.8. The number of allylic oxidation sites excluding steroid dienone is 1. The summed E-state index contributed by atoms with van der Waals surface area (Å²) < 4.78 is 18.1. The number of carbonyl (C=O) groups is 1. The SMILES string of the molecule is COc1cc(C(=O)/C=C/c2cc3ccc(F)cc3[nH]c2=O)cc(O)c1O. The minimum atomic E-state index is -0.503. The van der Waals surface area contributed by atoms with Crippen molar-refractivity contribution in [2.45, 2.75) is 0 Å². The van der Waals surface area contributed by atoms with E-state index in [1.165, 1.54) is 43.5 Å². The Bertz CT molecular complexity index is 1100. The van der Waals surface area contributed by atoms with Crippen LogP contribution < -0.4 is 10.3 Å². The number of halogens is 1. The summed E-state index contributed by atoms with van der Waals surface area (Å²) in [6, 6.07) is 7.90. The Morgan fingerprint density at radius 2 is 1.96 bits per heavy atom. The number of aromatic amines is 1. The highest BCUT2D eigenvalue weighted by molar-refractivity contribution is 6.07. The monoisotopic (exact) mass is 355 g/mol. The van der Waals surface area contributed by atoms with Gasteiger partial charge in [0.1, 0.15) is 5.82 Å². The van der Waals surface area contributed by atoms with Gasteiger partial charge in [-0.3, -0.25) is 9.59 Å². The third-order valence-electron chi connectivity index (χ3n) is 3.81. The summed E-state index contributed by atoms with van der Waals surface area (Å²) in [5, 5.41) is 19.8. The molecule has 6 nitrogen and oxygen atoms in total. The van der Waals surface area contributed by atoms with Gasteiger partial charge in [-0.2, -0.15) is 0 Å². The first-order valence-corrected chi connectivity index (χ1v) is 7.54. The smallest absolute Gasteiger partial charge is 0.255 e. The molecule has 0 radical (unpaired) electrons. The van der Waals surface area contributed by atoms with Gasteiger partial charge in [0.25, 0.3) is 5.56 Å². The number of carbonyl (C=O) groups excluding carboxylic acids is 1. The molecule has 0 fully saturated rings. The van der Waals surface area contributed by atoms with Gasteiger partial charge in [-0.15, -0.1) is 0 Å². The molecule has 132 valence electrons. The molecule has 0 atom stereocenters. The van der Waals surface area contributed by atoms with Gasteiger partial charge >= 0.3 is 0 Å². The Labute approximate surface area is 146 Å². The Morgan fingerprint density at radius 1 is 1.19 bits per heavy atom. The zero-order valence-electron chi connectivity index (χ0n) is 13.6. The summed E-state index contributed by atoms with van der Waals surface area (Å²) in [5.41, 5.74) is 0.171. The van der Waals surface area contributed by atoms with Crippen LogP contribution in [0, 0.1) is 5.82 Å². The maximum absolute atomic E-state index is 13.2. The maximum Gasteiger partial charge on any atom is 0.255 e. The van der Waals surface area contributed by atoms with E-state index in [4.69, 9.17) is 4.74 Å². The second-order valence-corrected chi connectivity index (χ2v) is 5.53. The van der Waals surface area contributed by atoms with Gasteiger partial charge in [-0.25, -0.2) is 4.39 Å². The van der Waals surface area contributed by atoms with E-state index < -0.39 is 28.7 Å². The summed E-state index contributed by atoms with van der Waals surface area (Å²) in [6.45, 7) is 0. The molecule has 0 bridgehead atoms. The fraction of sp³-hybridized carbons (Fsp3) is 0.0526. The van der Waals surface area contributed by atoms with Gasteiger partial charge in [0.05, 0.1) is 12.6 Å². The van der Waals surface area contributed by atoms with Crippen LogP contribution in [0.4, 0.5) is 4.39 Å². The predicted octanol–water partition coefficient (Wildman–Crippen LogP) is 2.98. The molecule has 1 aromatic heterocycles. The minimum Gasteiger partial charge on any atom is -0.504 e. The number of hydrogen-bond donors (Lipinski definition) is 3. The van der Waals surface area contributed by atoms with Crippen LogP contribution in [-0.2, 0) is 0 Å². The van der Waals surface area contributed by atoms with Gasteiger partial charge in [0.2, 0.25) is 5.75 Å². The van der Waals surface area contributed by atoms with Crippen molar-refractivity contribution in [1.82, 2.24) is 4.98 Å². The number of phenolic OH excluding ortho intramolecular Hbond substituents is 2. The van der Waals surface area contributed by atoms with Gasteiger partial charge in [0.15, 0.2) is 17.3 Å². The molecule has 1 heterocycles. The van der Waals surface area contributed by atoms with Crippen molar-refractivity contribution in [2.24, 2.45) is 0 Å². The molecular weight excluding hydrogens is 341 g/mol. The van der Waals surface area contributed by atoms with Crippen molar-refractivity contribution in [3.8, 4) is 17.2 Å². The fourth-order valence-electron chi connectivity index (χ4n) is 2.47. The molecule has 0 unspecified atom stereocenters. The summed E-state index contributed by atoms with van der Waals surface area (Å²) in [4.78, 5) is 26.9. The minimum absolute atomic E-state index is 0.0488. The molecule has 0 saturated carbocycles. The summed E-state index contributed by atoms with van der Waals surface area (Å²) in [6.07, 6.45) is 2.48.